The number of allylic oxidation sites excluding steroid dienone is 1. The standard InChI is InChI=1S/C12H9ClN2/c13-12-4-2-9-10-7-14-6-5-8(10)1-3-11(9)15-12/h1-7,9,11H. The third-order valence-electron chi connectivity index (χ3n) is 2.80. The molecule has 2 heterocycles. The topological polar surface area (TPSA) is 25.2 Å². The first-order valence-corrected chi connectivity index (χ1v) is 5.26. The van der Waals surface area contributed by atoms with Gasteiger partial charge in [-0.2, -0.15) is 0 Å². The van der Waals surface area contributed by atoms with Crippen molar-refractivity contribution < 1.29 is 0 Å². The number of halogens is 1. The van der Waals surface area contributed by atoms with Crippen LogP contribution in [-0.2, 0) is 0 Å². The number of hydrogen-bond acceptors (Lipinski definition) is 2. The molecule has 0 spiro atoms. The molecule has 0 saturated carbocycles. The monoisotopic (exact) mass is 216 g/mol. The molecule has 0 bridgehead atoms. The first kappa shape index (κ1) is 8.86. The molecule has 1 aromatic heterocycles. The van der Waals surface area contributed by atoms with Crippen LogP contribution >= 0.6 is 11.6 Å². The van der Waals surface area contributed by atoms with Crippen LogP contribution in [0.2, 0.25) is 0 Å². The highest BCUT2D eigenvalue weighted by Gasteiger charge is 2.26. The summed E-state index contributed by atoms with van der Waals surface area (Å²) < 4.78 is 0. The van der Waals surface area contributed by atoms with E-state index in [0.717, 1.165) is 0 Å². The van der Waals surface area contributed by atoms with Crippen molar-refractivity contribution in [3.05, 3.63) is 47.8 Å². The lowest BCUT2D eigenvalue weighted by molar-refractivity contribution is 0.707. The Morgan fingerprint density at radius 1 is 1.20 bits per heavy atom. The molecule has 2 unspecified atom stereocenters. The Labute approximate surface area is 93.0 Å². The van der Waals surface area contributed by atoms with Crippen molar-refractivity contribution in [2.75, 3.05) is 0 Å². The summed E-state index contributed by atoms with van der Waals surface area (Å²) in [6.45, 7) is 0. The molecule has 0 radical (unpaired) electrons. The number of rotatable bonds is 0. The molecule has 1 aliphatic heterocycles. The van der Waals surface area contributed by atoms with Crippen LogP contribution < -0.4 is 0 Å². The van der Waals surface area contributed by atoms with Crippen molar-refractivity contribution in [2.24, 2.45) is 4.99 Å². The highest BCUT2D eigenvalue weighted by molar-refractivity contribution is 6.68. The maximum Gasteiger partial charge on any atom is 0.123 e. The number of nitrogens with zero attached hydrogens (tertiary/aromatic N) is 2. The Morgan fingerprint density at radius 2 is 2.13 bits per heavy atom. The lowest BCUT2D eigenvalue weighted by atomic mass is 9.84. The zero-order valence-corrected chi connectivity index (χ0v) is 8.72. The number of fused-ring (bicyclic) bond motifs is 3. The molecule has 1 aromatic rings. The zero-order chi connectivity index (χ0) is 10.3. The maximum absolute atomic E-state index is 5.88. The summed E-state index contributed by atoms with van der Waals surface area (Å²) in [5, 5.41) is 0.577. The van der Waals surface area contributed by atoms with Crippen LogP contribution in [0.5, 0.6) is 0 Å². The van der Waals surface area contributed by atoms with Gasteiger partial charge in [-0.25, -0.2) is 0 Å². The number of aliphatic imine (C=N–C) groups is 1. The van der Waals surface area contributed by atoms with Gasteiger partial charge in [-0.1, -0.05) is 29.8 Å². The highest BCUT2D eigenvalue weighted by atomic mass is 35.5. The van der Waals surface area contributed by atoms with Gasteiger partial charge in [0, 0.05) is 18.3 Å². The van der Waals surface area contributed by atoms with Crippen molar-refractivity contribution >= 4 is 22.8 Å². The van der Waals surface area contributed by atoms with Gasteiger partial charge in [-0.15, -0.1) is 0 Å². The minimum absolute atomic E-state index is 0.138. The molecule has 15 heavy (non-hydrogen) atoms. The lowest BCUT2D eigenvalue weighted by Gasteiger charge is -2.26. The van der Waals surface area contributed by atoms with Gasteiger partial charge in [-0.05, 0) is 23.3 Å². The van der Waals surface area contributed by atoms with E-state index in [-0.39, 0.29) is 6.04 Å². The van der Waals surface area contributed by atoms with Crippen LogP contribution in [0, 0.1) is 0 Å². The van der Waals surface area contributed by atoms with Crippen molar-refractivity contribution in [1.82, 2.24) is 4.98 Å². The average molecular weight is 217 g/mol. The van der Waals surface area contributed by atoms with Gasteiger partial charge in [0.2, 0.25) is 0 Å². The third kappa shape index (κ3) is 1.41. The number of hydrogen-bond donors (Lipinski definition) is 0. The largest absolute Gasteiger partial charge is 0.265 e. The second kappa shape index (κ2) is 3.31. The normalized spacial score (nSPS) is 26.9. The SMILES string of the molecule is ClC1=NC2C=Cc3ccncc3C2C=C1. The van der Waals surface area contributed by atoms with Gasteiger partial charge in [0.05, 0.1) is 6.04 Å². The number of aromatic nitrogens is 1. The predicted octanol–water partition coefficient (Wildman–Crippen LogP) is 2.77. The minimum Gasteiger partial charge on any atom is -0.265 e. The summed E-state index contributed by atoms with van der Waals surface area (Å²) in [7, 11) is 0. The van der Waals surface area contributed by atoms with Crippen molar-refractivity contribution in [3.8, 4) is 0 Å². The van der Waals surface area contributed by atoms with Crippen LogP contribution in [0.15, 0.2) is 41.7 Å². The molecular formula is C12H9ClN2. The summed E-state index contributed by atoms with van der Waals surface area (Å²) in [4.78, 5) is 8.54. The molecule has 0 aromatic carbocycles. The average Bonchev–Trinajstić information content (AvgIpc) is 2.28. The Hall–Kier alpha value is -1.41. The number of dihydropyridines is 1. The summed E-state index contributed by atoms with van der Waals surface area (Å²) in [5.41, 5.74) is 2.46. The van der Waals surface area contributed by atoms with E-state index < -0.39 is 0 Å². The second-order valence-corrected chi connectivity index (χ2v) is 4.08. The van der Waals surface area contributed by atoms with E-state index in [1.165, 1.54) is 11.1 Å². The van der Waals surface area contributed by atoms with Gasteiger partial charge < -0.3 is 0 Å². The first-order valence-electron chi connectivity index (χ1n) is 4.88. The molecule has 74 valence electrons. The van der Waals surface area contributed by atoms with E-state index in [0.29, 0.717) is 11.1 Å². The van der Waals surface area contributed by atoms with Crippen molar-refractivity contribution in [3.63, 3.8) is 0 Å². The summed E-state index contributed by atoms with van der Waals surface area (Å²) in [6, 6.07) is 2.16. The highest BCUT2D eigenvalue weighted by Crippen LogP contribution is 2.34. The Bertz CT molecular complexity index is 488. The quantitative estimate of drug-likeness (QED) is 0.655. The Kier molecular flexibility index (Phi) is 1.96. The van der Waals surface area contributed by atoms with Gasteiger partial charge in [0.1, 0.15) is 5.17 Å². The zero-order valence-electron chi connectivity index (χ0n) is 7.97. The molecule has 0 N–H and O–H groups in total. The lowest BCUT2D eigenvalue weighted by Crippen LogP contribution is -2.20. The van der Waals surface area contributed by atoms with Gasteiger partial charge in [0.25, 0.3) is 0 Å². The minimum atomic E-state index is 0.138. The van der Waals surface area contributed by atoms with E-state index in [1.54, 1.807) is 0 Å². The maximum atomic E-state index is 5.88. The van der Waals surface area contributed by atoms with Crippen LogP contribution in [-0.4, -0.2) is 16.2 Å². The fourth-order valence-corrected chi connectivity index (χ4v) is 2.25. The third-order valence-corrected chi connectivity index (χ3v) is 3.02. The van der Waals surface area contributed by atoms with Crippen molar-refractivity contribution in [1.29, 1.82) is 0 Å². The van der Waals surface area contributed by atoms with Gasteiger partial charge in [-0.3, -0.25) is 9.98 Å². The van der Waals surface area contributed by atoms with E-state index in [1.807, 2.05) is 24.5 Å². The van der Waals surface area contributed by atoms with E-state index in [9.17, 15) is 0 Å². The van der Waals surface area contributed by atoms with Gasteiger partial charge in [0.15, 0.2) is 0 Å². The second-order valence-electron chi connectivity index (χ2n) is 3.69. The van der Waals surface area contributed by atoms with E-state index >= 15 is 0 Å². The van der Waals surface area contributed by atoms with E-state index in [2.05, 4.69) is 28.2 Å². The van der Waals surface area contributed by atoms with E-state index in [4.69, 9.17) is 11.6 Å². The van der Waals surface area contributed by atoms with Crippen molar-refractivity contribution in [2.45, 2.75) is 12.0 Å². The molecule has 2 nitrogen and oxygen atoms in total. The van der Waals surface area contributed by atoms with Crippen LogP contribution in [0.25, 0.3) is 6.08 Å². The Morgan fingerprint density at radius 3 is 3.07 bits per heavy atom. The molecular weight excluding hydrogens is 208 g/mol. The molecule has 0 saturated heterocycles. The van der Waals surface area contributed by atoms with Crippen LogP contribution in [0.3, 0.4) is 0 Å². The Balaban J connectivity index is 2.12. The summed E-state index contributed by atoms with van der Waals surface area (Å²) in [5.74, 6) is 0.293. The number of pyridine rings is 1. The fraction of sp³-hybridized carbons (Fsp3) is 0.167. The molecule has 0 amide bonds. The van der Waals surface area contributed by atoms with Crippen LogP contribution in [0.1, 0.15) is 17.0 Å². The summed E-state index contributed by atoms with van der Waals surface area (Å²) >= 11 is 5.88. The van der Waals surface area contributed by atoms with Crippen LogP contribution in [0.4, 0.5) is 0 Å². The molecule has 1 aliphatic carbocycles. The van der Waals surface area contributed by atoms with Gasteiger partial charge >= 0.3 is 0 Å². The smallest absolute Gasteiger partial charge is 0.123 e. The summed E-state index contributed by atoms with van der Waals surface area (Å²) in [6.07, 6.45) is 11.9. The molecule has 2 atom stereocenters. The molecule has 3 rings (SSSR count). The fourth-order valence-electron chi connectivity index (χ4n) is 2.06. The predicted molar refractivity (Wildman–Crippen MR) is 62.2 cm³/mol. The molecule has 3 heteroatoms. The molecule has 2 aliphatic rings. The first-order chi connectivity index (χ1) is 7.34. The molecule has 0 fully saturated rings.